The summed E-state index contributed by atoms with van der Waals surface area (Å²) in [6, 6.07) is 0.983. The zero-order valence-electron chi connectivity index (χ0n) is 10.6. The largest absolute Gasteiger partial charge is 0.435 e. The van der Waals surface area contributed by atoms with E-state index in [-0.39, 0.29) is 0 Å². The van der Waals surface area contributed by atoms with Crippen LogP contribution in [0.2, 0.25) is 0 Å². The minimum Gasteiger partial charge on any atom is -0.368 e. The molecular formula is C13H13F3N4. The molecule has 0 spiro atoms. The molecular weight excluding hydrogens is 269 g/mol. The lowest BCUT2D eigenvalue weighted by molar-refractivity contribution is -0.141. The van der Waals surface area contributed by atoms with Crippen LogP contribution in [0.5, 0.6) is 0 Å². The lowest BCUT2D eigenvalue weighted by Gasteiger charge is -2.05. The second-order valence-corrected chi connectivity index (χ2v) is 4.22. The predicted molar refractivity (Wildman–Crippen MR) is 69.2 cm³/mol. The van der Waals surface area contributed by atoms with E-state index in [0.29, 0.717) is 24.3 Å². The van der Waals surface area contributed by atoms with Crippen LogP contribution in [0, 0.1) is 12.3 Å². The van der Waals surface area contributed by atoms with Crippen molar-refractivity contribution < 1.29 is 13.2 Å². The van der Waals surface area contributed by atoms with E-state index in [2.05, 4.69) is 21.3 Å². The molecule has 0 fully saturated rings. The van der Waals surface area contributed by atoms with E-state index in [4.69, 9.17) is 6.42 Å². The van der Waals surface area contributed by atoms with Gasteiger partial charge in [0.15, 0.2) is 11.5 Å². The number of terminal acetylenes is 1. The average Bonchev–Trinajstić information content (AvgIpc) is 2.83. The van der Waals surface area contributed by atoms with E-state index in [1.807, 2.05) is 0 Å². The molecule has 0 radical (unpaired) electrons. The Kier molecular flexibility index (Phi) is 4.13. The normalized spacial score (nSPS) is 11.5. The summed E-state index contributed by atoms with van der Waals surface area (Å²) in [4.78, 5) is 4.04. The quantitative estimate of drug-likeness (QED) is 0.677. The Hall–Kier alpha value is -2.23. The average molecular weight is 282 g/mol. The minimum atomic E-state index is -4.46. The van der Waals surface area contributed by atoms with Crippen molar-refractivity contribution in [3.8, 4) is 12.3 Å². The Morgan fingerprint density at radius 1 is 1.35 bits per heavy atom. The fourth-order valence-electron chi connectivity index (χ4n) is 1.76. The van der Waals surface area contributed by atoms with E-state index in [9.17, 15) is 13.2 Å². The molecule has 2 aromatic rings. The molecule has 20 heavy (non-hydrogen) atoms. The van der Waals surface area contributed by atoms with E-state index >= 15 is 0 Å². The zero-order valence-corrected chi connectivity index (χ0v) is 10.6. The van der Waals surface area contributed by atoms with E-state index in [0.717, 1.165) is 18.9 Å². The van der Waals surface area contributed by atoms with Crippen molar-refractivity contribution in [1.29, 1.82) is 0 Å². The molecule has 0 aliphatic rings. The molecule has 1 N–H and O–H groups in total. The number of nitrogens with one attached hydrogen (secondary N) is 1. The van der Waals surface area contributed by atoms with E-state index in [1.54, 1.807) is 0 Å². The molecule has 0 amide bonds. The van der Waals surface area contributed by atoms with Gasteiger partial charge in [-0.1, -0.05) is 0 Å². The molecule has 0 bridgehead atoms. The lowest BCUT2D eigenvalue weighted by Crippen LogP contribution is -2.06. The molecule has 2 heterocycles. The third-order valence-electron chi connectivity index (χ3n) is 2.72. The second-order valence-electron chi connectivity index (χ2n) is 4.22. The number of rotatable bonds is 5. The van der Waals surface area contributed by atoms with Gasteiger partial charge in [0.05, 0.1) is 0 Å². The fourth-order valence-corrected chi connectivity index (χ4v) is 1.76. The number of alkyl halides is 3. The molecule has 0 saturated heterocycles. The second kappa shape index (κ2) is 5.82. The summed E-state index contributed by atoms with van der Waals surface area (Å²) in [5.74, 6) is 2.92. The fraction of sp³-hybridized carbons (Fsp3) is 0.385. The highest BCUT2D eigenvalue weighted by Crippen LogP contribution is 2.29. The van der Waals surface area contributed by atoms with Crippen LogP contribution in [0.3, 0.4) is 0 Å². The monoisotopic (exact) mass is 282 g/mol. The van der Waals surface area contributed by atoms with Crippen molar-refractivity contribution in [2.45, 2.75) is 25.4 Å². The maximum atomic E-state index is 12.6. The van der Waals surface area contributed by atoms with Crippen LogP contribution < -0.4 is 5.32 Å². The summed E-state index contributed by atoms with van der Waals surface area (Å²) in [5.41, 5.74) is -0.627. The molecule has 0 saturated carbocycles. The van der Waals surface area contributed by atoms with Gasteiger partial charge in [-0.15, -0.1) is 12.3 Å². The van der Waals surface area contributed by atoms with Crippen molar-refractivity contribution in [3.05, 3.63) is 24.2 Å². The maximum absolute atomic E-state index is 12.6. The van der Waals surface area contributed by atoms with Crippen molar-refractivity contribution in [1.82, 2.24) is 14.6 Å². The molecule has 0 aliphatic carbocycles. The summed E-state index contributed by atoms with van der Waals surface area (Å²) in [7, 11) is 0. The van der Waals surface area contributed by atoms with Gasteiger partial charge in [0, 0.05) is 31.4 Å². The van der Waals surface area contributed by atoms with Gasteiger partial charge in [0.1, 0.15) is 5.52 Å². The maximum Gasteiger partial charge on any atom is 0.435 e. The van der Waals surface area contributed by atoms with Gasteiger partial charge in [0.2, 0.25) is 0 Å². The molecule has 0 unspecified atom stereocenters. The van der Waals surface area contributed by atoms with Crippen LogP contribution in [-0.4, -0.2) is 21.1 Å². The van der Waals surface area contributed by atoms with Crippen LogP contribution >= 0.6 is 0 Å². The first-order valence-corrected chi connectivity index (χ1v) is 6.11. The molecule has 2 aromatic heterocycles. The number of halogens is 3. The third-order valence-corrected chi connectivity index (χ3v) is 2.72. The smallest absolute Gasteiger partial charge is 0.368 e. The zero-order chi connectivity index (χ0) is 14.6. The van der Waals surface area contributed by atoms with Gasteiger partial charge < -0.3 is 5.32 Å². The standard InChI is InChI=1S/C13H13F3N4/c1-2-3-4-5-6-17-12-10-9-11(13(14,15)16)19-20(10)8-7-18-12/h1,7-9H,3-6H2,(H,17,18). The molecule has 7 heteroatoms. The Labute approximate surface area is 114 Å². The number of aromatic nitrogens is 3. The van der Waals surface area contributed by atoms with Crippen LogP contribution in [0.25, 0.3) is 5.52 Å². The van der Waals surface area contributed by atoms with Crippen molar-refractivity contribution >= 4 is 11.3 Å². The predicted octanol–water partition coefficient (Wildman–Crippen LogP) is 2.96. The number of fused-ring (bicyclic) bond motifs is 1. The van der Waals surface area contributed by atoms with Gasteiger partial charge >= 0.3 is 6.18 Å². The highest BCUT2D eigenvalue weighted by Gasteiger charge is 2.34. The lowest BCUT2D eigenvalue weighted by atomic mass is 10.2. The first-order chi connectivity index (χ1) is 9.52. The Morgan fingerprint density at radius 2 is 2.15 bits per heavy atom. The highest BCUT2D eigenvalue weighted by molar-refractivity contribution is 5.67. The Balaban J connectivity index is 2.13. The number of hydrogen-bond acceptors (Lipinski definition) is 3. The Bertz CT molecular complexity index is 625. The molecule has 0 aromatic carbocycles. The van der Waals surface area contributed by atoms with Crippen molar-refractivity contribution in [3.63, 3.8) is 0 Å². The topological polar surface area (TPSA) is 42.2 Å². The first-order valence-electron chi connectivity index (χ1n) is 6.11. The van der Waals surface area contributed by atoms with Crippen LogP contribution in [0.1, 0.15) is 25.0 Å². The summed E-state index contributed by atoms with van der Waals surface area (Å²) in [6.07, 6.45) is 5.84. The van der Waals surface area contributed by atoms with E-state index in [1.165, 1.54) is 16.9 Å². The van der Waals surface area contributed by atoms with E-state index < -0.39 is 11.9 Å². The molecule has 4 nitrogen and oxygen atoms in total. The molecule has 0 atom stereocenters. The van der Waals surface area contributed by atoms with Crippen LogP contribution in [0.4, 0.5) is 19.0 Å². The number of anilines is 1. The minimum absolute atomic E-state index is 0.303. The van der Waals surface area contributed by atoms with Gasteiger partial charge in [-0.05, 0) is 12.8 Å². The number of hydrogen-bond donors (Lipinski definition) is 1. The van der Waals surface area contributed by atoms with Crippen molar-refractivity contribution in [2.24, 2.45) is 0 Å². The summed E-state index contributed by atoms with van der Waals surface area (Å²) < 4.78 is 39.0. The summed E-state index contributed by atoms with van der Waals surface area (Å²) in [6.45, 7) is 0.598. The van der Waals surface area contributed by atoms with Crippen LogP contribution in [0.15, 0.2) is 18.5 Å². The SMILES string of the molecule is C#CCCCCNc1nccn2nc(C(F)(F)F)cc12. The van der Waals surface area contributed by atoms with Crippen LogP contribution in [-0.2, 0) is 6.18 Å². The van der Waals surface area contributed by atoms with Crippen molar-refractivity contribution in [2.75, 3.05) is 11.9 Å². The third kappa shape index (κ3) is 3.20. The number of unbranched alkanes of at least 4 members (excludes halogenated alkanes) is 2. The molecule has 2 rings (SSSR count). The Morgan fingerprint density at radius 3 is 2.85 bits per heavy atom. The highest BCUT2D eigenvalue weighted by atomic mass is 19.4. The summed E-state index contributed by atoms with van der Waals surface area (Å²) in [5, 5.41) is 6.49. The van der Waals surface area contributed by atoms with Gasteiger partial charge in [0.25, 0.3) is 0 Å². The molecule has 0 aliphatic heterocycles. The first kappa shape index (κ1) is 14.2. The van der Waals surface area contributed by atoms with Gasteiger partial charge in [-0.3, -0.25) is 0 Å². The summed E-state index contributed by atoms with van der Waals surface area (Å²) >= 11 is 0. The van der Waals surface area contributed by atoms with Gasteiger partial charge in [-0.25, -0.2) is 9.50 Å². The number of nitrogens with zero attached hydrogens (tertiary/aromatic N) is 3. The van der Waals surface area contributed by atoms with Gasteiger partial charge in [-0.2, -0.15) is 18.3 Å². The molecule has 106 valence electrons.